The van der Waals surface area contributed by atoms with Crippen molar-refractivity contribution >= 4 is 12.2 Å². The lowest BCUT2D eigenvalue weighted by Gasteiger charge is -2.24. The topological polar surface area (TPSA) is 139 Å². The van der Waals surface area contributed by atoms with Crippen molar-refractivity contribution in [2.75, 3.05) is 6.61 Å². The highest BCUT2D eigenvalue weighted by Gasteiger charge is 2.26. The van der Waals surface area contributed by atoms with Crippen molar-refractivity contribution < 1.29 is 19.8 Å². The summed E-state index contributed by atoms with van der Waals surface area (Å²) >= 11 is 0. The summed E-state index contributed by atoms with van der Waals surface area (Å²) in [4.78, 5) is 21.4. The molecule has 0 aliphatic carbocycles. The lowest BCUT2D eigenvalue weighted by Crippen LogP contribution is -2.56. The van der Waals surface area contributed by atoms with Crippen LogP contribution >= 0.6 is 0 Å². The normalized spacial score (nSPS) is 18.7. The van der Waals surface area contributed by atoms with Crippen LogP contribution in [-0.2, 0) is 9.59 Å². The fourth-order valence-electron chi connectivity index (χ4n) is 0.902. The van der Waals surface area contributed by atoms with Gasteiger partial charge in [0.2, 0.25) is 5.91 Å². The molecular weight excluding hydrogens is 202 g/mol. The van der Waals surface area contributed by atoms with Gasteiger partial charge in [-0.05, 0) is 6.92 Å². The molecule has 88 valence electrons. The number of hydrogen-bond acceptors (Lipinski definition) is 6. The molecule has 0 heterocycles. The van der Waals surface area contributed by atoms with Crippen LogP contribution in [0.4, 0.5) is 0 Å². The molecule has 7 nitrogen and oxygen atoms in total. The largest absolute Gasteiger partial charge is 0.394 e. The van der Waals surface area contributed by atoms with E-state index in [0.29, 0.717) is 6.29 Å². The summed E-state index contributed by atoms with van der Waals surface area (Å²) in [5.41, 5.74) is 10.5. The van der Waals surface area contributed by atoms with E-state index in [-0.39, 0.29) is 0 Å². The molecule has 0 bridgehead atoms. The van der Waals surface area contributed by atoms with Gasteiger partial charge in [-0.2, -0.15) is 0 Å². The third-order valence-electron chi connectivity index (χ3n) is 1.90. The number of nitrogens with one attached hydrogen (secondary N) is 1. The zero-order valence-corrected chi connectivity index (χ0v) is 8.46. The van der Waals surface area contributed by atoms with Crippen molar-refractivity contribution in [3.63, 3.8) is 0 Å². The maximum atomic E-state index is 11.1. The second-order valence-corrected chi connectivity index (χ2v) is 3.29. The maximum absolute atomic E-state index is 11.1. The summed E-state index contributed by atoms with van der Waals surface area (Å²) in [6.07, 6.45) is -0.999. The van der Waals surface area contributed by atoms with Gasteiger partial charge in [-0.1, -0.05) is 0 Å². The number of rotatable bonds is 6. The van der Waals surface area contributed by atoms with Crippen molar-refractivity contribution in [2.45, 2.75) is 31.2 Å². The summed E-state index contributed by atoms with van der Waals surface area (Å²) < 4.78 is 0. The van der Waals surface area contributed by atoms with Gasteiger partial charge in [0, 0.05) is 0 Å². The Labute approximate surface area is 87.4 Å². The smallest absolute Gasteiger partial charge is 0.237 e. The molecule has 0 aromatic rings. The van der Waals surface area contributed by atoms with Gasteiger partial charge in [-0.3, -0.25) is 4.79 Å². The van der Waals surface area contributed by atoms with Gasteiger partial charge in [0.05, 0.1) is 30.8 Å². The van der Waals surface area contributed by atoms with Crippen LogP contribution in [0.15, 0.2) is 0 Å². The lowest BCUT2D eigenvalue weighted by atomic mass is 10.1. The van der Waals surface area contributed by atoms with Crippen molar-refractivity contribution in [3.8, 4) is 0 Å². The average Bonchev–Trinajstić information content (AvgIpc) is 2.23. The van der Waals surface area contributed by atoms with Gasteiger partial charge in [0.25, 0.3) is 0 Å². The minimum atomic E-state index is -1.34. The predicted octanol–water partition coefficient (Wildman–Crippen LogP) is -3.30. The average molecular weight is 219 g/mol. The zero-order chi connectivity index (χ0) is 12.0. The quantitative estimate of drug-likeness (QED) is 0.296. The minimum Gasteiger partial charge on any atom is -0.394 e. The SMILES string of the molecule is C[C@@H](N)C(=O)N[C@H](CO)[C@@H](O)[C@H](N)C=O. The Morgan fingerprint density at radius 3 is 2.40 bits per heavy atom. The maximum Gasteiger partial charge on any atom is 0.237 e. The molecule has 0 aliphatic heterocycles. The van der Waals surface area contributed by atoms with E-state index in [4.69, 9.17) is 16.6 Å². The molecular formula is C8H17N3O4. The van der Waals surface area contributed by atoms with Gasteiger partial charge in [-0.15, -0.1) is 0 Å². The van der Waals surface area contributed by atoms with Crippen LogP contribution in [0, 0.1) is 0 Å². The first-order chi connectivity index (χ1) is 6.93. The molecule has 0 rings (SSSR count). The summed E-state index contributed by atoms with van der Waals surface area (Å²) in [5, 5.41) is 20.6. The molecule has 0 fully saturated rings. The molecule has 1 amide bonds. The van der Waals surface area contributed by atoms with Crippen LogP contribution in [0.3, 0.4) is 0 Å². The van der Waals surface area contributed by atoms with Gasteiger partial charge in [-0.25, -0.2) is 0 Å². The molecule has 0 saturated carbocycles. The van der Waals surface area contributed by atoms with E-state index in [9.17, 15) is 14.7 Å². The number of hydrogen-bond donors (Lipinski definition) is 5. The van der Waals surface area contributed by atoms with E-state index >= 15 is 0 Å². The summed E-state index contributed by atoms with van der Waals surface area (Å²) in [5.74, 6) is -0.536. The molecule has 0 saturated heterocycles. The first-order valence-corrected chi connectivity index (χ1v) is 4.49. The van der Waals surface area contributed by atoms with Crippen LogP contribution in [0.1, 0.15) is 6.92 Å². The molecule has 0 aromatic carbocycles. The lowest BCUT2D eigenvalue weighted by molar-refractivity contribution is -0.125. The Hall–Kier alpha value is -1.02. The first kappa shape index (κ1) is 14.0. The first-order valence-electron chi connectivity index (χ1n) is 4.49. The fourth-order valence-corrected chi connectivity index (χ4v) is 0.902. The highest BCUT2D eigenvalue weighted by molar-refractivity contribution is 5.81. The zero-order valence-electron chi connectivity index (χ0n) is 8.46. The summed E-state index contributed by atoms with van der Waals surface area (Å²) in [6.45, 7) is 0.928. The third-order valence-corrected chi connectivity index (χ3v) is 1.90. The van der Waals surface area contributed by atoms with Crippen molar-refractivity contribution in [1.29, 1.82) is 0 Å². The molecule has 0 radical (unpaired) electrons. The monoisotopic (exact) mass is 219 g/mol. The van der Waals surface area contributed by atoms with Crippen molar-refractivity contribution in [1.82, 2.24) is 5.32 Å². The number of carbonyl (C=O) groups excluding carboxylic acids is 2. The van der Waals surface area contributed by atoms with Gasteiger partial charge in [0.1, 0.15) is 6.29 Å². The minimum absolute atomic E-state index is 0.339. The Bertz CT molecular complexity index is 222. The standard InChI is InChI=1S/C8H17N3O4/c1-4(9)8(15)11-6(3-13)7(14)5(10)2-12/h2,4-7,13-14H,3,9-10H2,1H3,(H,11,15)/t4-,5-,6-,7+/m1/s1. The van der Waals surface area contributed by atoms with Crippen LogP contribution < -0.4 is 16.8 Å². The molecule has 7 N–H and O–H groups in total. The highest BCUT2D eigenvalue weighted by atomic mass is 16.3. The second-order valence-electron chi connectivity index (χ2n) is 3.29. The van der Waals surface area contributed by atoms with E-state index in [1.165, 1.54) is 6.92 Å². The van der Waals surface area contributed by atoms with Crippen LogP contribution in [0.5, 0.6) is 0 Å². The number of carbonyl (C=O) groups is 2. The van der Waals surface area contributed by atoms with Gasteiger partial charge < -0.3 is 31.8 Å². The molecule has 7 heteroatoms. The molecule has 0 unspecified atom stereocenters. The fraction of sp³-hybridized carbons (Fsp3) is 0.750. The van der Waals surface area contributed by atoms with E-state index < -0.39 is 36.7 Å². The second kappa shape index (κ2) is 6.46. The van der Waals surface area contributed by atoms with E-state index in [2.05, 4.69) is 5.32 Å². The summed E-state index contributed by atoms with van der Waals surface area (Å²) in [6, 6.07) is -2.92. The molecule has 4 atom stereocenters. The molecule has 15 heavy (non-hydrogen) atoms. The third kappa shape index (κ3) is 4.34. The van der Waals surface area contributed by atoms with Crippen LogP contribution in [0.2, 0.25) is 0 Å². The predicted molar refractivity (Wildman–Crippen MR) is 52.7 cm³/mol. The molecule has 0 spiro atoms. The van der Waals surface area contributed by atoms with E-state index in [1.807, 2.05) is 0 Å². The van der Waals surface area contributed by atoms with Crippen molar-refractivity contribution in [2.24, 2.45) is 11.5 Å². The number of aldehydes is 1. The number of aliphatic hydroxyl groups is 2. The Kier molecular flexibility index (Phi) is 6.02. The van der Waals surface area contributed by atoms with E-state index in [0.717, 1.165) is 0 Å². The van der Waals surface area contributed by atoms with Crippen LogP contribution in [-0.4, -0.2) is 53.2 Å². The Morgan fingerprint density at radius 1 is 1.53 bits per heavy atom. The Balaban J connectivity index is 4.36. The Morgan fingerprint density at radius 2 is 2.07 bits per heavy atom. The number of nitrogens with two attached hydrogens (primary N) is 2. The van der Waals surface area contributed by atoms with Gasteiger partial charge in [0.15, 0.2) is 0 Å². The molecule has 0 aliphatic rings. The number of amides is 1. The van der Waals surface area contributed by atoms with Crippen LogP contribution in [0.25, 0.3) is 0 Å². The summed E-state index contributed by atoms with van der Waals surface area (Å²) in [7, 11) is 0. The molecule has 0 aromatic heterocycles. The number of aliphatic hydroxyl groups excluding tert-OH is 2. The van der Waals surface area contributed by atoms with Gasteiger partial charge >= 0.3 is 0 Å². The van der Waals surface area contributed by atoms with Crippen molar-refractivity contribution in [3.05, 3.63) is 0 Å². The highest BCUT2D eigenvalue weighted by Crippen LogP contribution is 1.97. The van der Waals surface area contributed by atoms with E-state index in [1.54, 1.807) is 0 Å².